The second-order valence-corrected chi connectivity index (χ2v) is 10.1. The number of aliphatic hydroxyl groups is 1. The van der Waals surface area contributed by atoms with Crippen LogP contribution in [-0.4, -0.2) is 58.9 Å². The maximum atomic E-state index is 13.6. The summed E-state index contributed by atoms with van der Waals surface area (Å²) in [4.78, 5) is 51.7. The Kier molecular flexibility index (Phi) is 8.08. The highest BCUT2D eigenvalue weighted by atomic mass is 16.6. The van der Waals surface area contributed by atoms with Crippen molar-refractivity contribution in [2.24, 2.45) is 17.8 Å². The van der Waals surface area contributed by atoms with Crippen molar-refractivity contribution in [1.82, 2.24) is 10.6 Å². The van der Waals surface area contributed by atoms with Crippen molar-refractivity contribution in [3.05, 3.63) is 48.7 Å². The minimum absolute atomic E-state index is 0.0370. The highest BCUT2D eigenvalue weighted by molar-refractivity contribution is 5.94. The van der Waals surface area contributed by atoms with Gasteiger partial charge in [-0.05, 0) is 33.3 Å². The van der Waals surface area contributed by atoms with E-state index in [1.54, 1.807) is 52.0 Å². The number of carbonyl (C=O) groups excluding carboxylic acids is 4. The van der Waals surface area contributed by atoms with E-state index in [0.717, 1.165) is 11.8 Å². The van der Waals surface area contributed by atoms with E-state index in [1.165, 1.54) is 0 Å². The SMILES string of the molecule is C=COC(=O)[C@H]1[C@H]2[C@@H]1[C@](NC(=O)C(Cc1ccccc1)NC(=O)OC(C)(C)C)(C(=O)OCC)C[C@@H]2O. The summed E-state index contributed by atoms with van der Waals surface area (Å²) in [7, 11) is 0. The van der Waals surface area contributed by atoms with E-state index in [2.05, 4.69) is 17.2 Å². The van der Waals surface area contributed by atoms with E-state index in [9.17, 15) is 24.3 Å². The molecule has 2 aliphatic carbocycles. The average molecular weight is 503 g/mol. The Morgan fingerprint density at radius 1 is 1.22 bits per heavy atom. The van der Waals surface area contributed by atoms with E-state index in [4.69, 9.17) is 14.2 Å². The molecule has 1 aromatic rings. The van der Waals surface area contributed by atoms with Gasteiger partial charge in [0.05, 0.1) is 24.9 Å². The lowest BCUT2D eigenvalue weighted by atomic mass is 9.88. The lowest BCUT2D eigenvalue weighted by molar-refractivity contribution is -0.156. The third-order valence-corrected chi connectivity index (χ3v) is 6.37. The molecule has 1 unspecified atom stereocenters. The molecule has 10 heteroatoms. The molecule has 10 nitrogen and oxygen atoms in total. The van der Waals surface area contributed by atoms with E-state index >= 15 is 0 Å². The number of ether oxygens (including phenoxy) is 3. The lowest BCUT2D eigenvalue weighted by Crippen LogP contribution is -2.62. The van der Waals surface area contributed by atoms with Crippen molar-refractivity contribution in [1.29, 1.82) is 0 Å². The first kappa shape index (κ1) is 27.2. The minimum Gasteiger partial charge on any atom is -0.464 e. The largest absolute Gasteiger partial charge is 0.464 e. The van der Waals surface area contributed by atoms with Crippen molar-refractivity contribution < 1.29 is 38.5 Å². The van der Waals surface area contributed by atoms with Crippen LogP contribution in [0, 0.1) is 17.8 Å². The number of amides is 2. The Morgan fingerprint density at radius 3 is 2.47 bits per heavy atom. The zero-order valence-electron chi connectivity index (χ0n) is 21.0. The lowest BCUT2D eigenvalue weighted by Gasteiger charge is -2.33. The van der Waals surface area contributed by atoms with E-state index in [1.807, 2.05) is 6.07 Å². The summed E-state index contributed by atoms with van der Waals surface area (Å²) in [5, 5.41) is 16.0. The molecule has 36 heavy (non-hydrogen) atoms. The minimum atomic E-state index is -1.66. The van der Waals surface area contributed by atoms with E-state index in [-0.39, 0.29) is 19.4 Å². The smallest absolute Gasteiger partial charge is 0.408 e. The summed E-state index contributed by atoms with van der Waals surface area (Å²) in [6.07, 6.45) is -0.868. The Hall–Kier alpha value is -3.40. The Bertz CT molecular complexity index is 1000. The molecule has 1 aromatic carbocycles. The molecule has 6 atom stereocenters. The van der Waals surface area contributed by atoms with Crippen LogP contribution in [0.4, 0.5) is 4.79 Å². The van der Waals surface area contributed by atoms with Gasteiger partial charge in [-0.25, -0.2) is 9.59 Å². The number of fused-ring (bicyclic) bond motifs is 1. The molecule has 2 fully saturated rings. The summed E-state index contributed by atoms with van der Waals surface area (Å²) in [5.41, 5.74) is -1.69. The van der Waals surface area contributed by atoms with Gasteiger partial charge < -0.3 is 30.0 Å². The number of alkyl carbamates (subject to hydrolysis) is 1. The highest BCUT2D eigenvalue weighted by Gasteiger charge is 2.76. The van der Waals surface area contributed by atoms with Crippen LogP contribution in [0.3, 0.4) is 0 Å². The van der Waals surface area contributed by atoms with Gasteiger partial charge in [0.2, 0.25) is 5.91 Å². The quantitative estimate of drug-likeness (QED) is 0.264. The van der Waals surface area contributed by atoms with Crippen molar-refractivity contribution in [3.8, 4) is 0 Å². The molecule has 196 valence electrons. The molecular weight excluding hydrogens is 468 g/mol. The Morgan fingerprint density at radius 2 is 1.89 bits per heavy atom. The monoisotopic (exact) mass is 502 g/mol. The fraction of sp³-hybridized carbons (Fsp3) is 0.538. The molecule has 2 amide bonds. The van der Waals surface area contributed by atoms with Gasteiger partial charge in [0.25, 0.3) is 0 Å². The molecule has 0 radical (unpaired) electrons. The van der Waals surface area contributed by atoms with Gasteiger partial charge in [0, 0.05) is 24.7 Å². The molecule has 3 N–H and O–H groups in total. The third kappa shape index (κ3) is 5.87. The second-order valence-electron chi connectivity index (χ2n) is 10.1. The molecule has 2 saturated carbocycles. The van der Waals surface area contributed by atoms with Gasteiger partial charge in [-0.3, -0.25) is 9.59 Å². The number of aliphatic hydroxyl groups excluding tert-OH is 1. The van der Waals surface area contributed by atoms with Crippen molar-refractivity contribution in [2.75, 3.05) is 6.61 Å². The molecule has 3 rings (SSSR count). The number of rotatable bonds is 9. The number of carbonyl (C=O) groups is 4. The normalized spacial score (nSPS) is 27.1. The van der Waals surface area contributed by atoms with Crippen molar-refractivity contribution in [2.45, 2.75) is 63.8 Å². The van der Waals surface area contributed by atoms with Crippen LogP contribution >= 0.6 is 0 Å². The predicted molar refractivity (Wildman–Crippen MR) is 128 cm³/mol. The number of esters is 2. The number of nitrogens with one attached hydrogen (secondary N) is 2. The summed E-state index contributed by atoms with van der Waals surface area (Å²) in [6.45, 7) is 10.1. The number of benzene rings is 1. The van der Waals surface area contributed by atoms with Crippen LogP contribution in [0.15, 0.2) is 43.2 Å². The number of hydrogen-bond donors (Lipinski definition) is 3. The molecule has 0 heterocycles. The first-order valence-corrected chi connectivity index (χ1v) is 12.0. The van der Waals surface area contributed by atoms with Crippen LogP contribution in [-0.2, 0) is 35.0 Å². The van der Waals surface area contributed by atoms with E-state index in [0.29, 0.717) is 0 Å². The maximum Gasteiger partial charge on any atom is 0.408 e. The highest BCUT2D eigenvalue weighted by Crippen LogP contribution is 2.63. The van der Waals surface area contributed by atoms with Crippen molar-refractivity contribution >= 4 is 23.9 Å². The van der Waals surface area contributed by atoms with E-state index < -0.39 is 65.0 Å². The van der Waals surface area contributed by atoms with Crippen LogP contribution in [0.5, 0.6) is 0 Å². The fourth-order valence-corrected chi connectivity index (χ4v) is 5.00. The molecular formula is C26H34N2O8. The summed E-state index contributed by atoms with van der Waals surface area (Å²) >= 11 is 0. The van der Waals surface area contributed by atoms with Crippen LogP contribution in [0.1, 0.15) is 39.7 Å². The number of hydrogen-bond acceptors (Lipinski definition) is 8. The third-order valence-electron chi connectivity index (χ3n) is 6.37. The van der Waals surface area contributed by atoms with Crippen LogP contribution in [0.2, 0.25) is 0 Å². The van der Waals surface area contributed by atoms with Gasteiger partial charge in [0.15, 0.2) is 0 Å². The second kappa shape index (κ2) is 10.7. The molecule has 0 saturated heterocycles. The topological polar surface area (TPSA) is 140 Å². The zero-order chi connectivity index (χ0) is 26.7. The maximum absolute atomic E-state index is 13.6. The molecule has 0 spiro atoms. The van der Waals surface area contributed by atoms with Gasteiger partial charge in [-0.1, -0.05) is 36.9 Å². The summed E-state index contributed by atoms with van der Waals surface area (Å²) < 4.78 is 15.5. The van der Waals surface area contributed by atoms with Gasteiger partial charge in [-0.2, -0.15) is 0 Å². The molecule has 0 bridgehead atoms. The zero-order valence-corrected chi connectivity index (χ0v) is 21.0. The first-order chi connectivity index (χ1) is 16.9. The average Bonchev–Trinajstić information content (AvgIpc) is 3.48. The van der Waals surface area contributed by atoms with Crippen molar-refractivity contribution in [3.63, 3.8) is 0 Å². The van der Waals surface area contributed by atoms with Crippen LogP contribution in [0.25, 0.3) is 0 Å². The molecule has 0 aromatic heterocycles. The van der Waals surface area contributed by atoms with Crippen LogP contribution < -0.4 is 10.6 Å². The standard InChI is InChI=1S/C26H34N2O8/c1-6-34-22(31)19-18-17(29)14-26(20(18)19,23(32)35-7-2)28-21(30)16(13-15-11-9-8-10-12-15)27-24(33)36-25(3,4)5/h6,8-12,16-20,29H,1,7,13-14H2,2-5H3,(H,27,33)(H,28,30)/t16?,17-,18-,19-,20-,26-/m0/s1. The first-order valence-electron chi connectivity index (χ1n) is 12.0. The van der Waals surface area contributed by atoms with Gasteiger partial charge in [-0.15, -0.1) is 0 Å². The summed E-state index contributed by atoms with van der Waals surface area (Å²) in [5.74, 6) is -4.17. The predicted octanol–water partition coefficient (Wildman–Crippen LogP) is 1.85. The Labute approximate surface area is 210 Å². The van der Waals surface area contributed by atoms with Gasteiger partial charge >= 0.3 is 18.0 Å². The Balaban J connectivity index is 1.89. The summed E-state index contributed by atoms with van der Waals surface area (Å²) in [6, 6.07) is 7.92. The fourth-order valence-electron chi connectivity index (χ4n) is 5.00. The molecule has 0 aliphatic heterocycles. The molecule has 2 aliphatic rings. The van der Waals surface area contributed by atoms with Gasteiger partial charge in [0.1, 0.15) is 17.2 Å².